The van der Waals surface area contributed by atoms with E-state index in [1.807, 2.05) is 12.1 Å². The first kappa shape index (κ1) is 20.7. The van der Waals surface area contributed by atoms with E-state index < -0.39 is 0 Å². The molecule has 0 atom stereocenters. The topological polar surface area (TPSA) is 54.0 Å². The molecule has 1 aromatic heterocycles. The van der Waals surface area contributed by atoms with Crippen molar-refractivity contribution in [2.45, 2.75) is 18.8 Å². The molecular weight excluding hydrogens is 402 g/mol. The van der Waals surface area contributed by atoms with E-state index in [9.17, 15) is 0 Å². The quantitative estimate of drug-likeness (QED) is 0.584. The molecule has 2 aliphatic rings. The summed E-state index contributed by atoms with van der Waals surface area (Å²) in [6.07, 6.45) is 2.40. The van der Waals surface area contributed by atoms with Crippen molar-refractivity contribution in [3.63, 3.8) is 0 Å². The molecule has 2 heterocycles. The summed E-state index contributed by atoms with van der Waals surface area (Å²) in [5, 5.41) is 1.13. The van der Waals surface area contributed by atoms with Crippen molar-refractivity contribution in [3.05, 3.63) is 42.2 Å². The molecule has 0 N–H and O–H groups in total. The zero-order valence-electron chi connectivity index (χ0n) is 19.3. The molecule has 1 aliphatic carbocycles. The van der Waals surface area contributed by atoms with Gasteiger partial charge in [-0.05, 0) is 43.2 Å². The van der Waals surface area contributed by atoms with Gasteiger partial charge in [-0.3, -0.25) is 0 Å². The Morgan fingerprint density at radius 2 is 1.62 bits per heavy atom. The van der Waals surface area contributed by atoms with Gasteiger partial charge in [0.2, 0.25) is 0 Å². The Kier molecular flexibility index (Phi) is 5.41. The van der Waals surface area contributed by atoms with E-state index in [1.54, 1.807) is 14.2 Å². The monoisotopic (exact) mass is 433 g/mol. The van der Waals surface area contributed by atoms with Gasteiger partial charge in [0.05, 0.1) is 25.4 Å². The molecule has 168 valence electrons. The molecule has 1 aliphatic heterocycles. The van der Waals surface area contributed by atoms with Crippen LogP contribution < -0.4 is 24.2 Å². The summed E-state index contributed by atoms with van der Waals surface area (Å²) >= 11 is 0. The maximum absolute atomic E-state index is 5.62. The molecule has 0 radical (unpaired) electrons. The smallest absolute Gasteiger partial charge is 0.142 e. The number of hydrogen-bond acceptors (Lipinski definition) is 7. The van der Waals surface area contributed by atoms with E-state index in [2.05, 4.69) is 53.1 Å². The number of rotatable bonds is 6. The Labute approximate surface area is 189 Å². The van der Waals surface area contributed by atoms with Crippen molar-refractivity contribution >= 4 is 28.1 Å². The molecule has 0 amide bonds. The van der Waals surface area contributed by atoms with Gasteiger partial charge in [-0.25, -0.2) is 9.97 Å². The molecule has 2 aromatic carbocycles. The molecule has 0 spiro atoms. The van der Waals surface area contributed by atoms with E-state index >= 15 is 0 Å². The average Bonchev–Trinajstić information content (AvgIpc) is 3.68. The lowest BCUT2D eigenvalue weighted by atomic mass is 10.1. The Bertz CT molecular complexity index is 1120. The van der Waals surface area contributed by atoms with Crippen LogP contribution in [0.15, 0.2) is 36.4 Å². The summed E-state index contributed by atoms with van der Waals surface area (Å²) in [7, 11) is 7.56. The molecule has 7 heteroatoms. The third-order valence-electron chi connectivity index (χ3n) is 6.44. The van der Waals surface area contributed by atoms with Crippen molar-refractivity contribution in [2.24, 2.45) is 0 Å². The third-order valence-corrected chi connectivity index (χ3v) is 6.44. The van der Waals surface area contributed by atoms with Crippen LogP contribution in [0.5, 0.6) is 11.5 Å². The van der Waals surface area contributed by atoms with Crippen LogP contribution in [0.25, 0.3) is 10.9 Å². The fourth-order valence-electron chi connectivity index (χ4n) is 4.36. The average molecular weight is 434 g/mol. The van der Waals surface area contributed by atoms with Gasteiger partial charge in [0.15, 0.2) is 0 Å². The second kappa shape index (κ2) is 8.37. The molecule has 1 saturated carbocycles. The van der Waals surface area contributed by atoms with Crippen molar-refractivity contribution in [3.8, 4) is 11.5 Å². The summed E-state index contributed by atoms with van der Waals surface area (Å²) < 4.78 is 11.1. The van der Waals surface area contributed by atoms with Crippen LogP contribution in [0.3, 0.4) is 0 Å². The Balaban J connectivity index is 1.45. The van der Waals surface area contributed by atoms with Crippen molar-refractivity contribution < 1.29 is 9.47 Å². The maximum Gasteiger partial charge on any atom is 0.142 e. The van der Waals surface area contributed by atoms with Crippen LogP contribution >= 0.6 is 0 Å². The van der Waals surface area contributed by atoms with Gasteiger partial charge in [0.1, 0.15) is 23.1 Å². The van der Waals surface area contributed by atoms with Gasteiger partial charge in [-0.15, -0.1) is 0 Å². The number of ether oxygens (including phenoxy) is 2. The summed E-state index contributed by atoms with van der Waals surface area (Å²) in [5.74, 6) is 4.31. The highest BCUT2D eigenvalue weighted by molar-refractivity contribution is 5.92. The lowest BCUT2D eigenvalue weighted by Gasteiger charge is -2.37. The number of anilines is 3. The lowest BCUT2D eigenvalue weighted by molar-refractivity contribution is 0.402. The lowest BCUT2D eigenvalue weighted by Crippen LogP contribution is -2.47. The van der Waals surface area contributed by atoms with E-state index in [4.69, 9.17) is 19.4 Å². The summed E-state index contributed by atoms with van der Waals surface area (Å²) in [6.45, 7) is 3.56. The van der Waals surface area contributed by atoms with Gasteiger partial charge < -0.3 is 24.2 Å². The highest BCUT2D eigenvalue weighted by Crippen LogP contribution is 2.40. The van der Waals surface area contributed by atoms with E-state index in [1.165, 1.54) is 18.5 Å². The molecular formula is C25H31N5O2. The Morgan fingerprint density at radius 1 is 0.875 bits per heavy atom. The SMILES string of the molecule is COc1ccc(OC)c(N2CCN(c3nc(C4CC4)nc4ccc(N(C)C)cc34)CC2)c1. The second-order valence-corrected chi connectivity index (χ2v) is 8.79. The molecule has 0 bridgehead atoms. The number of nitrogens with zero attached hydrogens (tertiary/aromatic N) is 5. The van der Waals surface area contributed by atoms with E-state index in [0.717, 1.165) is 65.9 Å². The number of aromatic nitrogens is 2. The first-order valence-corrected chi connectivity index (χ1v) is 11.3. The standard InChI is InChI=1S/C25H31N5O2/c1-28(2)18-7-9-21-20(15-18)25(27-24(26-21)17-5-6-17)30-13-11-29(12-14-30)22-16-19(31-3)8-10-23(22)32-4/h7-10,15-17H,5-6,11-14H2,1-4H3. The van der Waals surface area contributed by atoms with Crippen LogP contribution in [-0.4, -0.2) is 64.5 Å². The minimum Gasteiger partial charge on any atom is -0.497 e. The van der Waals surface area contributed by atoms with E-state index in [0.29, 0.717) is 5.92 Å². The predicted molar refractivity (Wildman–Crippen MR) is 130 cm³/mol. The van der Waals surface area contributed by atoms with Gasteiger partial charge in [-0.1, -0.05) is 0 Å². The number of fused-ring (bicyclic) bond motifs is 1. The van der Waals surface area contributed by atoms with Crippen molar-refractivity contribution in [2.75, 3.05) is 69.2 Å². The zero-order chi connectivity index (χ0) is 22.2. The molecule has 7 nitrogen and oxygen atoms in total. The minimum absolute atomic E-state index is 0.522. The fourth-order valence-corrected chi connectivity index (χ4v) is 4.36. The highest BCUT2D eigenvalue weighted by Gasteiger charge is 2.29. The first-order valence-electron chi connectivity index (χ1n) is 11.3. The summed E-state index contributed by atoms with van der Waals surface area (Å²) in [5.41, 5.74) is 3.29. The van der Waals surface area contributed by atoms with Crippen molar-refractivity contribution in [1.82, 2.24) is 9.97 Å². The summed E-state index contributed by atoms with van der Waals surface area (Å²) in [6, 6.07) is 12.5. The molecule has 3 aromatic rings. The van der Waals surface area contributed by atoms with Gasteiger partial charge >= 0.3 is 0 Å². The summed E-state index contributed by atoms with van der Waals surface area (Å²) in [4.78, 5) is 16.9. The molecule has 1 saturated heterocycles. The van der Waals surface area contributed by atoms with Crippen LogP contribution in [0.1, 0.15) is 24.6 Å². The molecule has 2 fully saturated rings. The molecule has 32 heavy (non-hydrogen) atoms. The first-order chi connectivity index (χ1) is 15.6. The largest absolute Gasteiger partial charge is 0.497 e. The van der Waals surface area contributed by atoms with Crippen LogP contribution in [-0.2, 0) is 0 Å². The number of piperazine rings is 1. The molecule has 0 unspecified atom stereocenters. The number of methoxy groups -OCH3 is 2. The highest BCUT2D eigenvalue weighted by atomic mass is 16.5. The number of benzene rings is 2. The van der Waals surface area contributed by atoms with Crippen LogP contribution in [0, 0.1) is 0 Å². The Hall–Kier alpha value is -3.22. The van der Waals surface area contributed by atoms with Gasteiger partial charge in [-0.2, -0.15) is 0 Å². The van der Waals surface area contributed by atoms with Gasteiger partial charge in [0.25, 0.3) is 0 Å². The third kappa shape index (κ3) is 3.87. The van der Waals surface area contributed by atoms with Crippen LogP contribution in [0.4, 0.5) is 17.2 Å². The van der Waals surface area contributed by atoms with Crippen LogP contribution in [0.2, 0.25) is 0 Å². The number of hydrogen-bond donors (Lipinski definition) is 0. The molecule has 5 rings (SSSR count). The minimum atomic E-state index is 0.522. The predicted octanol–water partition coefficient (Wildman–Crippen LogP) is 3.92. The normalized spacial score (nSPS) is 16.4. The van der Waals surface area contributed by atoms with Crippen molar-refractivity contribution in [1.29, 1.82) is 0 Å². The maximum atomic E-state index is 5.62. The van der Waals surface area contributed by atoms with E-state index in [-0.39, 0.29) is 0 Å². The second-order valence-electron chi connectivity index (χ2n) is 8.79. The fraction of sp³-hybridized carbons (Fsp3) is 0.440. The van der Waals surface area contributed by atoms with Gasteiger partial charge in [0, 0.05) is 63.3 Å². The zero-order valence-corrected chi connectivity index (χ0v) is 19.3. The Morgan fingerprint density at radius 3 is 2.28 bits per heavy atom.